The van der Waals surface area contributed by atoms with Gasteiger partial charge in [-0.05, 0) is 35.4 Å². The SMILES string of the molecule is CS(=O)(=O)c1cccc2sc(N(CCN3CCOCC3)C(=O)c3ccc(-c4ccccc4)cc3)nc12. The lowest BCUT2D eigenvalue weighted by Crippen LogP contribution is -2.43. The van der Waals surface area contributed by atoms with E-state index < -0.39 is 9.84 Å². The highest BCUT2D eigenvalue weighted by atomic mass is 32.2. The maximum atomic E-state index is 13.8. The molecule has 1 aliphatic heterocycles. The fourth-order valence-electron chi connectivity index (χ4n) is 4.27. The molecule has 0 N–H and O–H groups in total. The molecule has 0 radical (unpaired) electrons. The number of rotatable bonds is 7. The van der Waals surface area contributed by atoms with Crippen LogP contribution in [0.5, 0.6) is 0 Å². The van der Waals surface area contributed by atoms with E-state index >= 15 is 0 Å². The largest absolute Gasteiger partial charge is 0.379 e. The van der Waals surface area contributed by atoms with Gasteiger partial charge in [0.15, 0.2) is 15.0 Å². The quantitative estimate of drug-likeness (QED) is 0.360. The molecule has 1 saturated heterocycles. The third-order valence-electron chi connectivity index (χ3n) is 6.23. The second-order valence-electron chi connectivity index (χ2n) is 8.73. The van der Waals surface area contributed by atoms with Crippen molar-refractivity contribution in [2.24, 2.45) is 0 Å². The number of sulfone groups is 1. The maximum Gasteiger partial charge on any atom is 0.260 e. The van der Waals surface area contributed by atoms with Gasteiger partial charge in [0, 0.05) is 38.0 Å². The monoisotopic (exact) mass is 521 g/mol. The minimum absolute atomic E-state index is 0.164. The number of carbonyl (C=O) groups is 1. The molecule has 0 aliphatic carbocycles. The number of fused-ring (bicyclic) bond motifs is 1. The first-order chi connectivity index (χ1) is 17.4. The van der Waals surface area contributed by atoms with Crippen LogP contribution in [-0.2, 0) is 14.6 Å². The summed E-state index contributed by atoms with van der Waals surface area (Å²) < 4.78 is 30.8. The highest BCUT2D eigenvalue weighted by Crippen LogP contribution is 2.33. The number of nitrogens with zero attached hydrogens (tertiary/aromatic N) is 3. The van der Waals surface area contributed by atoms with Crippen LogP contribution < -0.4 is 4.90 Å². The Morgan fingerprint density at radius 1 is 0.972 bits per heavy atom. The summed E-state index contributed by atoms with van der Waals surface area (Å²) in [7, 11) is -3.46. The van der Waals surface area contributed by atoms with Gasteiger partial charge in [-0.15, -0.1) is 0 Å². The van der Waals surface area contributed by atoms with Crippen molar-refractivity contribution in [3.63, 3.8) is 0 Å². The molecule has 3 aromatic carbocycles. The summed E-state index contributed by atoms with van der Waals surface area (Å²) >= 11 is 1.33. The van der Waals surface area contributed by atoms with E-state index in [-0.39, 0.29) is 10.8 Å². The topological polar surface area (TPSA) is 79.8 Å². The molecule has 186 valence electrons. The normalized spacial score (nSPS) is 14.7. The predicted octanol–water partition coefficient (Wildman–Crippen LogP) is 4.35. The van der Waals surface area contributed by atoms with Crippen LogP contribution in [0.3, 0.4) is 0 Å². The molecule has 0 atom stereocenters. The third-order valence-corrected chi connectivity index (χ3v) is 8.40. The smallest absolute Gasteiger partial charge is 0.260 e. The highest BCUT2D eigenvalue weighted by Gasteiger charge is 2.24. The minimum Gasteiger partial charge on any atom is -0.379 e. The molecule has 0 unspecified atom stereocenters. The molecule has 7 nitrogen and oxygen atoms in total. The maximum absolute atomic E-state index is 13.8. The molecular weight excluding hydrogens is 494 g/mol. The Kier molecular flexibility index (Phi) is 7.15. The van der Waals surface area contributed by atoms with Crippen LogP contribution in [-0.4, -0.2) is 69.9 Å². The molecule has 0 saturated carbocycles. The first kappa shape index (κ1) is 24.6. The number of hydrogen-bond donors (Lipinski definition) is 0. The van der Waals surface area contributed by atoms with Crippen molar-refractivity contribution >= 4 is 42.4 Å². The Balaban J connectivity index is 1.48. The van der Waals surface area contributed by atoms with Crippen LogP contribution in [0.2, 0.25) is 0 Å². The lowest BCUT2D eigenvalue weighted by Gasteiger charge is -2.29. The number of ether oxygens (including phenoxy) is 1. The second kappa shape index (κ2) is 10.5. The van der Waals surface area contributed by atoms with Crippen molar-refractivity contribution < 1.29 is 17.9 Å². The van der Waals surface area contributed by atoms with Crippen LogP contribution in [0.25, 0.3) is 21.3 Å². The Labute approximate surface area is 214 Å². The van der Waals surface area contributed by atoms with Crippen molar-refractivity contribution in [1.29, 1.82) is 0 Å². The van der Waals surface area contributed by atoms with Crippen molar-refractivity contribution in [3.8, 4) is 11.1 Å². The van der Waals surface area contributed by atoms with E-state index in [0.29, 0.717) is 42.5 Å². The van der Waals surface area contributed by atoms with Gasteiger partial charge in [-0.25, -0.2) is 13.4 Å². The summed E-state index contributed by atoms with van der Waals surface area (Å²) in [6.07, 6.45) is 1.18. The fourth-order valence-corrected chi connectivity index (χ4v) is 6.18. The number of morpholine rings is 1. The molecule has 1 aromatic heterocycles. The predicted molar refractivity (Wildman–Crippen MR) is 144 cm³/mol. The molecule has 1 fully saturated rings. The summed E-state index contributed by atoms with van der Waals surface area (Å²) in [5.41, 5.74) is 3.08. The fraction of sp³-hybridized carbons (Fsp3) is 0.259. The molecule has 1 amide bonds. The summed E-state index contributed by atoms with van der Waals surface area (Å²) in [4.78, 5) is 22.5. The molecule has 9 heteroatoms. The lowest BCUT2D eigenvalue weighted by molar-refractivity contribution is 0.0391. The van der Waals surface area contributed by atoms with Gasteiger partial charge >= 0.3 is 0 Å². The molecular formula is C27H27N3O4S2. The molecule has 5 rings (SSSR count). The zero-order chi connectivity index (χ0) is 25.1. The number of amides is 1. The second-order valence-corrected chi connectivity index (χ2v) is 11.7. The van der Waals surface area contributed by atoms with Crippen molar-refractivity contribution in [1.82, 2.24) is 9.88 Å². The number of aromatic nitrogens is 1. The number of para-hydroxylation sites is 1. The number of benzene rings is 3. The summed E-state index contributed by atoms with van der Waals surface area (Å²) in [6, 6.07) is 22.7. The van der Waals surface area contributed by atoms with E-state index in [1.807, 2.05) is 60.7 Å². The van der Waals surface area contributed by atoms with Crippen LogP contribution in [0.15, 0.2) is 77.7 Å². The zero-order valence-electron chi connectivity index (χ0n) is 20.0. The number of anilines is 1. The third kappa shape index (κ3) is 5.34. The standard InChI is InChI=1S/C27H27N3O4S2/c1-36(32,33)24-9-5-8-23-25(24)28-27(35-23)30(15-14-29-16-18-34-19-17-29)26(31)22-12-10-21(11-13-22)20-6-3-2-4-7-20/h2-13H,14-19H2,1H3. The Hall–Kier alpha value is -3.11. The average molecular weight is 522 g/mol. The van der Waals surface area contributed by atoms with Gasteiger partial charge < -0.3 is 4.74 Å². The van der Waals surface area contributed by atoms with Crippen LogP contribution in [0.1, 0.15) is 10.4 Å². The Morgan fingerprint density at radius 3 is 2.36 bits per heavy atom. The summed E-state index contributed by atoms with van der Waals surface area (Å²) in [5.74, 6) is -0.164. The minimum atomic E-state index is -3.46. The van der Waals surface area contributed by atoms with E-state index in [2.05, 4.69) is 9.88 Å². The van der Waals surface area contributed by atoms with E-state index in [0.717, 1.165) is 28.9 Å². The Bertz CT molecular complexity index is 1460. The molecule has 4 aromatic rings. The van der Waals surface area contributed by atoms with Crippen LogP contribution >= 0.6 is 11.3 Å². The molecule has 36 heavy (non-hydrogen) atoms. The van der Waals surface area contributed by atoms with E-state index in [9.17, 15) is 13.2 Å². The van der Waals surface area contributed by atoms with Gasteiger partial charge in [-0.2, -0.15) is 0 Å². The Morgan fingerprint density at radius 2 is 1.67 bits per heavy atom. The summed E-state index contributed by atoms with van der Waals surface area (Å²) in [5, 5.41) is 0.492. The van der Waals surface area contributed by atoms with Gasteiger partial charge in [-0.3, -0.25) is 14.6 Å². The molecule has 0 bridgehead atoms. The summed E-state index contributed by atoms with van der Waals surface area (Å²) in [6.45, 7) is 4.08. The van der Waals surface area contributed by atoms with Gasteiger partial charge in [0.1, 0.15) is 5.52 Å². The number of hydrogen-bond acceptors (Lipinski definition) is 7. The van der Waals surface area contributed by atoms with Crippen molar-refractivity contribution in [2.45, 2.75) is 4.90 Å². The van der Waals surface area contributed by atoms with Crippen molar-refractivity contribution in [2.75, 3.05) is 50.5 Å². The van der Waals surface area contributed by atoms with Gasteiger partial charge in [0.05, 0.1) is 22.8 Å². The molecule has 0 spiro atoms. The first-order valence-electron chi connectivity index (χ1n) is 11.8. The number of carbonyl (C=O) groups excluding carboxylic acids is 1. The molecule has 1 aliphatic rings. The highest BCUT2D eigenvalue weighted by molar-refractivity contribution is 7.91. The lowest BCUT2D eigenvalue weighted by atomic mass is 10.0. The van der Waals surface area contributed by atoms with Gasteiger partial charge in [-0.1, -0.05) is 59.9 Å². The van der Waals surface area contributed by atoms with Crippen LogP contribution in [0, 0.1) is 0 Å². The number of thiazole rings is 1. The zero-order valence-corrected chi connectivity index (χ0v) is 21.6. The van der Waals surface area contributed by atoms with Crippen molar-refractivity contribution in [3.05, 3.63) is 78.4 Å². The van der Waals surface area contributed by atoms with E-state index in [4.69, 9.17) is 4.74 Å². The van der Waals surface area contributed by atoms with E-state index in [1.165, 1.54) is 17.6 Å². The van der Waals surface area contributed by atoms with Gasteiger partial charge in [0.2, 0.25) is 0 Å². The van der Waals surface area contributed by atoms with Crippen LogP contribution in [0.4, 0.5) is 5.13 Å². The molecule has 2 heterocycles. The average Bonchev–Trinajstić information content (AvgIpc) is 3.33. The first-order valence-corrected chi connectivity index (χ1v) is 14.5. The van der Waals surface area contributed by atoms with E-state index in [1.54, 1.807) is 17.0 Å². The van der Waals surface area contributed by atoms with Gasteiger partial charge in [0.25, 0.3) is 5.91 Å².